The Morgan fingerprint density at radius 2 is 1.85 bits per heavy atom. The zero-order valence-electron chi connectivity index (χ0n) is 9.46. The highest BCUT2D eigenvalue weighted by Gasteiger charge is 2.11. The van der Waals surface area contributed by atoms with Crippen LogP contribution in [0.15, 0.2) is 0 Å². The quantitative estimate of drug-likeness (QED) is 0.716. The van der Waals surface area contributed by atoms with Crippen molar-refractivity contribution in [3.05, 3.63) is 0 Å². The monoisotopic (exact) mass is 189 g/mol. The molecule has 0 aliphatic heterocycles. The highest BCUT2D eigenvalue weighted by atomic mass is 16.5. The first-order valence-electron chi connectivity index (χ1n) is 4.97. The molecule has 0 aromatic heterocycles. The predicted molar refractivity (Wildman–Crippen MR) is 55.7 cm³/mol. The first kappa shape index (κ1) is 15.1. The van der Waals surface area contributed by atoms with Crippen molar-refractivity contribution in [2.45, 2.75) is 53.2 Å². The fourth-order valence-electron chi connectivity index (χ4n) is 0.651. The second-order valence-corrected chi connectivity index (χ2v) is 2.81. The van der Waals surface area contributed by atoms with Crippen LogP contribution in [0.1, 0.15) is 41.0 Å². The summed E-state index contributed by atoms with van der Waals surface area (Å²) in [6, 6.07) is -0.442. The van der Waals surface area contributed by atoms with E-state index in [1.165, 1.54) is 0 Å². The number of rotatable bonds is 5. The molecule has 3 heteroatoms. The van der Waals surface area contributed by atoms with E-state index in [2.05, 4.69) is 0 Å². The first-order chi connectivity index (χ1) is 6.07. The SMILES string of the molecule is CC.CCC(=O)C(N)COC(C)C. The summed E-state index contributed by atoms with van der Waals surface area (Å²) >= 11 is 0. The molecule has 0 saturated heterocycles. The van der Waals surface area contributed by atoms with E-state index in [-0.39, 0.29) is 11.9 Å². The van der Waals surface area contributed by atoms with Gasteiger partial charge in [0.2, 0.25) is 0 Å². The smallest absolute Gasteiger partial charge is 0.151 e. The Morgan fingerprint density at radius 1 is 1.38 bits per heavy atom. The molecule has 0 heterocycles. The Labute approximate surface area is 81.6 Å². The van der Waals surface area contributed by atoms with Crippen molar-refractivity contribution in [3.8, 4) is 0 Å². The zero-order valence-corrected chi connectivity index (χ0v) is 9.46. The largest absolute Gasteiger partial charge is 0.377 e. The summed E-state index contributed by atoms with van der Waals surface area (Å²) in [7, 11) is 0. The van der Waals surface area contributed by atoms with Crippen LogP contribution in [0.3, 0.4) is 0 Å². The minimum Gasteiger partial charge on any atom is -0.377 e. The Bertz CT molecular complexity index is 124. The zero-order chi connectivity index (χ0) is 10.9. The maximum atomic E-state index is 10.9. The third-order valence-electron chi connectivity index (χ3n) is 1.37. The molecule has 1 atom stereocenters. The van der Waals surface area contributed by atoms with Gasteiger partial charge >= 0.3 is 0 Å². The summed E-state index contributed by atoms with van der Waals surface area (Å²) in [6.07, 6.45) is 0.633. The molecule has 0 amide bonds. The van der Waals surface area contributed by atoms with Gasteiger partial charge in [0, 0.05) is 6.42 Å². The fourth-order valence-corrected chi connectivity index (χ4v) is 0.651. The van der Waals surface area contributed by atoms with Crippen molar-refractivity contribution >= 4 is 5.78 Å². The van der Waals surface area contributed by atoms with E-state index in [4.69, 9.17) is 10.5 Å². The van der Waals surface area contributed by atoms with Crippen molar-refractivity contribution in [3.63, 3.8) is 0 Å². The van der Waals surface area contributed by atoms with Crippen LogP contribution in [0, 0.1) is 0 Å². The fraction of sp³-hybridized carbons (Fsp3) is 0.900. The van der Waals surface area contributed by atoms with Crippen LogP contribution in [-0.4, -0.2) is 24.5 Å². The van der Waals surface area contributed by atoms with Crippen molar-refractivity contribution in [1.29, 1.82) is 0 Å². The number of hydrogen-bond acceptors (Lipinski definition) is 3. The van der Waals surface area contributed by atoms with Crippen LogP contribution in [0.25, 0.3) is 0 Å². The van der Waals surface area contributed by atoms with Gasteiger partial charge in [-0.1, -0.05) is 20.8 Å². The number of ether oxygens (including phenoxy) is 1. The van der Waals surface area contributed by atoms with E-state index in [1.54, 1.807) is 6.92 Å². The number of carbonyl (C=O) groups is 1. The van der Waals surface area contributed by atoms with Gasteiger partial charge in [0.15, 0.2) is 5.78 Å². The average Bonchev–Trinajstić information content (AvgIpc) is 2.16. The summed E-state index contributed by atoms with van der Waals surface area (Å²) in [5, 5.41) is 0. The van der Waals surface area contributed by atoms with Crippen LogP contribution in [0.5, 0.6) is 0 Å². The number of carbonyl (C=O) groups excluding carboxylic acids is 1. The van der Waals surface area contributed by atoms with Crippen molar-refractivity contribution in [2.24, 2.45) is 5.73 Å². The van der Waals surface area contributed by atoms with E-state index in [0.717, 1.165) is 0 Å². The summed E-state index contributed by atoms with van der Waals surface area (Å²) in [5.41, 5.74) is 5.50. The molecular weight excluding hydrogens is 166 g/mol. The molecule has 0 fully saturated rings. The summed E-state index contributed by atoms with van der Waals surface area (Å²) < 4.78 is 5.18. The van der Waals surface area contributed by atoms with Gasteiger partial charge in [-0.3, -0.25) is 4.79 Å². The molecular formula is C10H23NO2. The lowest BCUT2D eigenvalue weighted by Crippen LogP contribution is -2.35. The molecule has 80 valence electrons. The highest BCUT2D eigenvalue weighted by Crippen LogP contribution is 1.93. The molecule has 0 bridgehead atoms. The molecule has 1 unspecified atom stereocenters. The molecule has 0 saturated carbocycles. The van der Waals surface area contributed by atoms with Gasteiger partial charge in [0.25, 0.3) is 0 Å². The second kappa shape index (κ2) is 9.68. The van der Waals surface area contributed by atoms with E-state index >= 15 is 0 Å². The maximum absolute atomic E-state index is 10.9. The summed E-state index contributed by atoms with van der Waals surface area (Å²) in [5.74, 6) is 0.0608. The normalized spacial score (nSPS) is 11.9. The Morgan fingerprint density at radius 3 is 2.15 bits per heavy atom. The maximum Gasteiger partial charge on any atom is 0.151 e. The van der Waals surface area contributed by atoms with Crippen LogP contribution < -0.4 is 5.73 Å². The van der Waals surface area contributed by atoms with E-state index < -0.39 is 6.04 Å². The lowest BCUT2D eigenvalue weighted by Gasteiger charge is -2.11. The summed E-state index contributed by atoms with van der Waals surface area (Å²) in [4.78, 5) is 10.9. The van der Waals surface area contributed by atoms with Crippen LogP contribution in [0.4, 0.5) is 0 Å². The van der Waals surface area contributed by atoms with Gasteiger partial charge in [-0.2, -0.15) is 0 Å². The van der Waals surface area contributed by atoms with Crippen molar-refractivity contribution in [2.75, 3.05) is 6.61 Å². The Kier molecular flexibility index (Phi) is 11.2. The topological polar surface area (TPSA) is 52.3 Å². The molecule has 0 aliphatic rings. The molecule has 0 aromatic carbocycles. The van der Waals surface area contributed by atoms with E-state index in [9.17, 15) is 4.79 Å². The molecule has 2 N–H and O–H groups in total. The second-order valence-electron chi connectivity index (χ2n) is 2.81. The molecule has 0 rings (SSSR count). The minimum atomic E-state index is -0.442. The van der Waals surface area contributed by atoms with Crippen LogP contribution >= 0.6 is 0 Å². The van der Waals surface area contributed by atoms with Crippen molar-refractivity contribution < 1.29 is 9.53 Å². The third kappa shape index (κ3) is 9.50. The first-order valence-corrected chi connectivity index (χ1v) is 4.97. The average molecular weight is 189 g/mol. The van der Waals surface area contributed by atoms with Gasteiger partial charge in [-0.05, 0) is 13.8 Å². The van der Waals surface area contributed by atoms with Gasteiger partial charge in [-0.25, -0.2) is 0 Å². The molecule has 0 aromatic rings. The molecule has 0 radical (unpaired) electrons. The van der Waals surface area contributed by atoms with Gasteiger partial charge < -0.3 is 10.5 Å². The lowest BCUT2D eigenvalue weighted by atomic mass is 10.2. The highest BCUT2D eigenvalue weighted by molar-refractivity contribution is 5.83. The predicted octanol–water partition coefficient (Wildman–Crippen LogP) is 1.74. The lowest BCUT2D eigenvalue weighted by molar-refractivity contribution is -0.121. The minimum absolute atomic E-state index is 0.0608. The number of hydrogen-bond donors (Lipinski definition) is 1. The summed E-state index contributed by atoms with van der Waals surface area (Å²) in [6.45, 7) is 9.98. The molecule has 13 heavy (non-hydrogen) atoms. The van der Waals surface area contributed by atoms with Crippen LogP contribution in [-0.2, 0) is 9.53 Å². The third-order valence-corrected chi connectivity index (χ3v) is 1.37. The Hall–Kier alpha value is -0.410. The Balaban J connectivity index is 0. The van der Waals surface area contributed by atoms with Crippen LogP contribution in [0.2, 0.25) is 0 Å². The van der Waals surface area contributed by atoms with Gasteiger partial charge in [0.1, 0.15) is 0 Å². The molecule has 3 nitrogen and oxygen atoms in total. The number of Topliss-reactive ketones (excluding diaryl/α,β-unsaturated/α-hetero) is 1. The van der Waals surface area contributed by atoms with E-state index in [1.807, 2.05) is 27.7 Å². The molecule has 0 aliphatic carbocycles. The van der Waals surface area contributed by atoms with E-state index in [0.29, 0.717) is 13.0 Å². The van der Waals surface area contributed by atoms with Crippen molar-refractivity contribution in [1.82, 2.24) is 0 Å². The standard InChI is InChI=1S/C8H17NO2.C2H6/c1-4-8(10)7(9)5-11-6(2)3;1-2/h6-7H,4-5,9H2,1-3H3;1-2H3. The number of ketones is 1. The number of nitrogens with two attached hydrogens (primary N) is 1. The van der Waals surface area contributed by atoms with Gasteiger partial charge in [-0.15, -0.1) is 0 Å². The van der Waals surface area contributed by atoms with Gasteiger partial charge in [0.05, 0.1) is 18.8 Å². The molecule has 0 spiro atoms.